The van der Waals surface area contributed by atoms with Crippen molar-refractivity contribution >= 4 is 27.5 Å². The smallest absolute Gasteiger partial charge is 0.244 e. The molecule has 0 saturated heterocycles. The summed E-state index contributed by atoms with van der Waals surface area (Å²) in [5.41, 5.74) is 3.98. The van der Waals surface area contributed by atoms with Gasteiger partial charge in [0.15, 0.2) is 0 Å². The Morgan fingerprint density at radius 3 is 1.98 bits per heavy atom. The molecule has 4 aliphatic carbocycles. The van der Waals surface area contributed by atoms with Crippen molar-refractivity contribution in [1.82, 2.24) is 10.2 Å². The number of amides is 2. The number of nitrogens with one attached hydrogen (secondary N) is 1. The molecule has 40 heavy (non-hydrogen) atoms. The molecular weight excluding hydrogens is 522 g/mol. The molecule has 8 heteroatoms. The van der Waals surface area contributed by atoms with E-state index < -0.39 is 22.0 Å². The maximum absolute atomic E-state index is 13.8. The van der Waals surface area contributed by atoms with E-state index >= 15 is 0 Å². The average Bonchev–Trinajstić information content (AvgIpc) is 2.91. The molecule has 0 radical (unpaired) electrons. The van der Waals surface area contributed by atoms with Gasteiger partial charge in [0.05, 0.1) is 11.9 Å². The van der Waals surface area contributed by atoms with Crippen LogP contribution in [-0.2, 0) is 31.6 Å². The Hall–Kier alpha value is -2.87. The van der Waals surface area contributed by atoms with E-state index in [1.807, 2.05) is 50.2 Å². The van der Waals surface area contributed by atoms with Crippen LogP contribution in [0.1, 0.15) is 68.6 Å². The van der Waals surface area contributed by atoms with Gasteiger partial charge in [0.1, 0.15) is 12.6 Å². The lowest BCUT2D eigenvalue weighted by molar-refractivity contribution is -0.140. The summed E-state index contributed by atoms with van der Waals surface area (Å²) in [7, 11) is -2.21. The standard InChI is InChI=1S/C32H43N3O4S/c1-5-29(31(37)33-3)34(20-23-8-6-22(2)7-9-23)30(36)21-35(40(4,38)39)28-12-10-27(11-13-28)32-17-24-14-25(18-32)16-26(15-24)19-32/h6-13,24-26,29H,5,14-21H2,1-4H3,(H,33,37)/t24?,25?,26?,29-,32?/m1/s1. The first-order valence-electron chi connectivity index (χ1n) is 14.7. The summed E-state index contributed by atoms with van der Waals surface area (Å²) in [5.74, 6) is 1.78. The van der Waals surface area contributed by atoms with E-state index in [4.69, 9.17) is 0 Å². The van der Waals surface area contributed by atoms with Crippen molar-refractivity contribution in [2.24, 2.45) is 17.8 Å². The quantitative estimate of drug-likeness (QED) is 0.449. The number of hydrogen-bond acceptors (Lipinski definition) is 4. The summed E-state index contributed by atoms with van der Waals surface area (Å²) >= 11 is 0. The van der Waals surface area contributed by atoms with Crippen LogP contribution in [-0.4, -0.2) is 51.0 Å². The van der Waals surface area contributed by atoms with E-state index in [9.17, 15) is 18.0 Å². The van der Waals surface area contributed by atoms with Gasteiger partial charge in [-0.05, 0) is 98.3 Å². The third-order valence-corrected chi connectivity index (χ3v) is 10.7. The number of aryl methyl sites for hydroxylation is 1. The fourth-order valence-electron chi connectivity index (χ4n) is 8.04. The second-order valence-electron chi connectivity index (χ2n) is 12.6. The molecule has 4 bridgehead atoms. The monoisotopic (exact) mass is 565 g/mol. The Balaban J connectivity index is 1.40. The lowest BCUT2D eigenvalue weighted by Gasteiger charge is -2.57. The highest BCUT2D eigenvalue weighted by atomic mass is 32.2. The molecular formula is C32H43N3O4S. The predicted molar refractivity (Wildman–Crippen MR) is 158 cm³/mol. The van der Waals surface area contributed by atoms with Crippen molar-refractivity contribution in [3.63, 3.8) is 0 Å². The van der Waals surface area contributed by atoms with Crippen LogP contribution in [0.25, 0.3) is 0 Å². The SMILES string of the molecule is CC[C@H](C(=O)NC)N(Cc1ccc(C)cc1)C(=O)CN(c1ccc(C23CC4CC(CC(C4)C2)C3)cc1)S(C)(=O)=O. The lowest BCUT2D eigenvalue weighted by Crippen LogP contribution is -2.51. The van der Waals surface area contributed by atoms with Gasteiger partial charge in [0.25, 0.3) is 0 Å². The summed E-state index contributed by atoms with van der Waals surface area (Å²) in [6, 6.07) is 15.0. The van der Waals surface area contributed by atoms with Crippen molar-refractivity contribution < 1.29 is 18.0 Å². The van der Waals surface area contributed by atoms with Gasteiger partial charge < -0.3 is 10.2 Å². The molecule has 1 atom stereocenters. The molecule has 4 aliphatic rings. The molecule has 1 N–H and O–H groups in total. The van der Waals surface area contributed by atoms with Crippen LogP contribution in [0.3, 0.4) is 0 Å². The third-order valence-electron chi connectivity index (χ3n) is 9.59. The van der Waals surface area contributed by atoms with Gasteiger partial charge in [-0.15, -0.1) is 0 Å². The number of benzene rings is 2. The summed E-state index contributed by atoms with van der Waals surface area (Å²) in [5, 5.41) is 2.66. The van der Waals surface area contributed by atoms with Gasteiger partial charge in [0.2, 0.25) is 21.8 Å². The number of hydrogen-bond donors (Lipinski definition) is 1. The average molecular weight is 566 g/mol. The number of rotatable bonds is 10. The lowest BCUT2D eigenvalue weighted by atomic mass is 9.48. The first kappa shape index (κ1) is 28.7. The zero-order chi connectivity index (χ0) is 28.7. The van der Waals surface area contributed by atoms with Crippen molar-refractivity contribution in [3.05, 3.63) is 65.2 Å². The Labute approximate surface area is 239 Å². The minimum atomic E-state index is -3.76. The van der Waals surface area contributed by atoms with Gasteiger partial charge in [-0.25, -0.2) is 8.42 Å². The first-order chi connectivity index (χ1) is 19.0. The summed E-state index contributed by atoms with van der Waals surface area (Å²) < 4.78 is 27.2. The minimum absolute atomic E-state index is 0.214. The van der Waals surface area contributed by atoms with Gasteiger partial charge >= 0.3 is 0 Å². The van der Waals surface area contributed by atoms with Gasteiger partial charge in [-0.3, -0.25) is 13.9 Å². The number of carbonyl (C=O) groups is 2. The van der Waals surface area contributed by atoms with Crippen LogP contribution in [0.15, 0.2) is 48.5 Å². The second kappa shape index (κ2) is 11.2. The van der Waals surface area contributed by atoms with Crippen molar-refractivity contribution in [2.75, 3.05) is 24.2 Å². The van der Waals surface area contributed by atoms with Crippen LogP contribution < -0.4 is 9.62 Å². The Bertz CT molecular complexity index is 1300. The molecule has 0 unspecified atom stereocenters. The Morgan fingerprint density at radius 1 is 0.950 bits per heavy atom. The van der Waals surface area contributed by atoms with E-state index in [1.54, 1.807) is 7.05 Å². The predicted octanol–water partition coefficient (Wildman–Crippen LogP) is 4.78. The molecule has 0 heterocycles. The van der Waals surface area contributed by atoms with Crippen molar-refractivity contribution in [1.29, 1.82) is 0 Å². The topological polar surface area (TPSA) is 86.8 Å². The molecule has 0 spiro atoms. The van der Waals surface area contributed by atoms with E-state index in [-0.39, 0.29) is 24.4 Å². The highest BCUT2D eigenvalue weighted by molar-refractivity contribution is 7.92. The fourth-order valence-corrected chi connectivity index (χ4v) is 8.89. The van der Waals surface area contributed by atoms with E-state index in [0.29, 0.717) is 12.1 Å². The number of nitrogens with zero attached hydrogens (tertiary/aromatic N) is 2. The highest BCUT2D eigenvalue weighted by Crippen LogP contribution is 2.60. The maximum atomic E-state index is 13.8. The minimum Gasteiger partial charge on any atom is -0.357 e. The number of sulfonamides is 1. The molecule has 216 valence electrons. The summed E-state index contributed by atoms with van der Waals surface area (Å²) in [6.45, 7) is 3.69. The van der Waals surface area contributed by atoms with Crippen LogP contribution in [0.2, 0.25) is 0 Å². The van der Waals surface area contributed by atoms with Crippen molar-refractivity contribution in [3.8, 4) is 0 Å². The molecule has 2 amide bonds. The molecule has 4 fully saturated rings. The van der Waals surface area contributed by atoms with Crippen molar-refractivity contribution in [2.45, 2.75) is 76.8 Å². The summed E-state index contributed by atoms with van der Waals surface area (Å²) in [6.07, 6.45) is 9.36. The van der Waals surface area contributed by atoms with E-state index in [2.05, 4.69) is 17.4 Å². The molecule has 2 aromatic carbocycles. The Morgan fingerprint density at radius 2 is 1.50 bits per heavy atom. The molecule has 2 aromatic rings. The zero-order valence-corrected chi connectivity index (χ0v) is 25.0. The van der Waals surface area contributed by atoms with Gasteiger partial charge in [-0.1, -0.05) is 48.9 Å². The number of anilines is 1. The fraction of sp³-hybridized carbons (Fsp3) is 0.562. The van der Waals surface area contributed by atoms with E-state index in [1.165, 1.54) is 53.3 Å². The molecule has 6 rings (SSSR count). The zero-order valence-electron chi connectivity index (χ0n) is 24.2. The molecule has 4 saturated carbocycles. The number of likely N-dealkylation sites (N-methyl/N-ethyl adjacent to an activating group) is 1. The summed E-state index contributed by atoms with van der Waals surface area (Å²) in [4.78, 5) is 28.1. The molecule has 0 aromatic heterocycles. The first-order valence-corrected chi connectivity index (χ1v) is 16.5. The second-order valence-corrected chi connectivity index (χ2v) is 14.5. The highest BCUT2D eigenvalue weighted by Gasteiger charge is 2.51. The Kier molecular flexibility index (Phi) is 8.01. The largest absolute Gasteiger partial charge is 0.357 e. The normalized spacial score (nSPS) is 25.9. The van der Waals surface area contributed by atoms with Crippen LogP contribution >= 0.6 is 0 Å². The maximum Gasteiger partial charge on any atom is 0.244 e. The van der Waals surface area contributed by atoms with E-state index in [0.717, 1.165) is 35.1 Å². The third kappa shape index (κ3) is 5.78. The van der Waals surface area contributed by atoms with Crippen LogP contribution in [0, 0.1) is 24.7 Å². The van der Waals surface area contributed by atoms with Crippen LogP contribution in [0.4, 0.5) is 5.69 Å². The van der Waals surface area contributed by atoms with Gasteiger partial charge in [-0.2, -0.15) is 0 Å². The molecule has 7 nitrogen and oxygen atoms in total. The molecule has 0 aliphatic heterocycles. The number of carbonyl (C=O) groups excluding carboxylic acids is 2. The van der Waals surface area contributed by atoms with Crippen LogP contribution in [0.5, 0.6) is 0 Å². The van der Waals surface area contributed by atoms with Gasteiger partial charge in [0, 0.05) is 13.6 Å².